The summed E-state index contributed by atoms with van der Waals surface area (Å²) in [6.45, 7) is 0. The van der Waals surface area contributed by atoms with Gasteiger partial charge >= 0.3 is 0 Å². The molecular weight excluding hydrogens is 316 g/mol. The third-order valence-electron chi connectivity index (χ3n) is 4.52. The first kappa shape index (κ1) is 15.6. The van der Waals surface area contributed by atoms with E-state index in [0.717, 1.165) is 33.0 Å². The van der Waals surface area contributed by atoms with Crippen LogP contribution in [0.2, 0.25) is 0 Å². The van der Waals surface area contributed by atoms with Gasteiger partial charge in [-0.2, -0.15) is 10.5 Å². The number of rotatable bonds is 2. The Morgan fingerprint density at radius 3 is 1.23 bits per heavy atom. The van der Waals surface area contributed by atoms with Gasteiger partial charge in [0.05, 0.1) is 11.1 Å². The molecule has 0 radical (unpaired) electrons. The van der Waals surface area contributed by atoms with Crippen molar-refractivity contribution < 1.29 is 0 Å². The molecule has 0 atom stereocenters. The lowest BCUT2D eigenvalue weighted by atomic mass is 9.90. The van der Waals surface area contributed by atoms with E-state index in [4.69, 9.17) is 0 Å². The zero-order valence-electron chi connectivity index (χ0n) is 14.0. The van der Waals surface area contributed by atoms with E-state index in [2.05, 4.69) is 48.5 Å². The highest BCUT2D eigenvalue weighted by molar-refractivity contribution is 5.97. The maximum atomic E-state index is 9.33. The highest BCUT2D eigenvalue weighted by Gasteiger charge is 2.12. The standard InChI is InChI=1S/C24H14N2/c25-15-21-11-19-13-23(17-7-3-1-4-8-17)24(18-9-5-2-6-10-18)14-20(19)12-22(21)16-26/h1-14H. The zero-order chi connectivity index (χ0) is 17.9. The van der Waals surface area contributed by atoms with Gasteiger partial charge < -0.3 is 0 Å². The summed E-state index contributed by atoms with van der Waals surface area (Å²) in [6, 6.07) is 32.5. The van der Waals surface area contributed by atoms with Crippen LogP contribution in [-0.2, 0) is 0 Å². The lowest BCUT2D eigenvalue weighted by molar-refractivity contribution is 1.44. The van der Waals surface area contributed by atoms with E-state index < -0.39 is 0 Å². The van der Waals surface area contributed by atoms with Crippen molar-refractivity contribution in [3.8, 4) is 34.4 Å². The number of benzene rings is 4. The fourth-order valence-corrected chi connectivity index (χ4v) is 3.25. The van der Waals surface area contributed by atoms with Crippen molar-refractivity contribution in [2.75, 3.05) is 0 Å². The van der Waals surface area contributed by atoms with Crippen molar-refractivity contribution >= 4 is 10.8 Å². The van der Waals surface area contributed by atoms with Crippen molar-refractivity contribution in [3.05, 3.63) is 96.1 Å². The molecule has 26 heavy (non-hydrogen) atoms. The van der Waals surface area contributed by atoms with Gasteiger partial charge in [-0.25, -0.2) is 0 Å². The first-order chi connectivity index (χ1) is 12.8. The molecule has 4 aromatic rings. The van der Waals surface area contributed by atoms with Crippen LogP contribution in [0.15, 0.2) is 84.9 Å². The molecule has 4 aromatic carbocycles. The second-order valence-electron chi connectivity index (χ2n) is 6.10. The Kier molecular flexibility index (Phi) is 3.94. The molecule has 0 spiro atoms. The minimum absolute atomic E-state index is 0.409. The summed E-state index contributed by atoms with van der Waals surface area (Å²) in [5, 5.41) is 20.6. The summed E-state index contributed by atoms with van der Waals surface area (Å²) >= 11 is 0. The van der Waals surface area contributed by atoms with Gasteiger partial charge in [-0.3, -0.25) is 0 Å². The predicted molar refractivity (Wildman–Crippen MR) is 104 cm³/mol. The molecule has 0 aliphatic rings. The van der Waals surface area contributed by atoms with Gasteiger partial charge in [0, 0.05) is 0 Å². The molecule has 0 unspecified atom stereocenters. The molecular formula is C24H14N2. The average molecular weight is 330 g/mol. The SMILES string of the molecule is N#Cc1cc2cc(-c3ccccc3)c(-c3ccccc3)cc2cc1C#N. The molecule has 0 fully saturated rings. The average Bonchev–Trinajstić information content (AvgIpc) is 2.73. The highest BCUT2D eigenvalue weighted by Crippen LogP contribution is 2.36. The van der Waals surface area contributed by atoms with Crippen molar-refractivity contribution in [3.63, 3.8) is 0 Å². The van der Waals surface area contributed by atoms with E-state index in [1.807, 2.05) is 36.4 Å². The number of fused-ring (bicyclic) bond motifs is 1. The first-order valence-corrected chi connectivity index (χ1v) is 8.33. The summed E-state index contributed by atoms with van der Waals surface area (Å²) in [7, 11) is 0. The van der Waals surface area contributed by atoms with Crippen LogP contribution in [0.4, 0.5) is 0 Å². The molecule has 0 aromatic heterocycles. The van der Waals surface area contributed by atoms with Gasteiger partial charge in [-0.05, 0) is 57.3 Å². The Labute approximate surface area is 152 Å². The van der Waals surface area contributed by atoms with Crippen molar-refractivity contribution in [1.82, 2.24) is 0 Å². The lowest BCUT2D eigenvalue weighted by Gasteiger charge is -2.13. The van der Waals surface area contributed by atoms with E-state index >= 15 is 0 Å². The van der Waals surface area contributed by atoms with Crippen LogP contribution in [0.1, 0.15) is 11.1 Å². The van der Waals surface area contributed by atoms with Gasteiger partial charge in [0.15, 0.2) is 0 Å². The quantitative estimate of drug-likeness (QED) is 0.458. The zero-order valence-corrected chi connectivity index (χ0v) is 14.0. The topological polar surface area (TPSA) is 47.6 Å². The molecule has 0 N–H and O–H groups in total. The monoisotopic (exact) mass is 330 g/mol. The van der Waals surface area contributed by atoms with E-state index in [0.29, 0.717) is 11.1 Å². The molecule has 0 saturated carbocycles. The minimum Gasteiger partial charge on any atom is -0.192 e. The second-order valence-corrected chi connectivity index (χ2v) is 6.10. The number of nitrogens with zero attached hydrogens (tertiary/aromatic N) is 2. The van der Waals surface area contributed by atoms with E-state index in [-0.39, 0.29) is 0 Å². The van der Waals surface area contributed by atoms with Gasteiger partial charge in [0.25, 0.3) is 0 Å². The second kappa shape index (κ2) is 6.55. The summed E-state index contributed by atoms with van der Waals surface area (Å²) in [5.74, 6) is 0. The van der Waals surface area contributed by atoms with E-state index in [9.17, 15) is 10.5 Å². The van der Waals surface area contributed by atoms with Crippen molar-refractivity contribution in [2.24, 2.45) is 0 Å². The maximum Gasteiger partial charge on any atom is 0.101 e. The van der Waals surface area contributed by atoms with Gasteiger partial charge in [-0.15, -0.1) is 0 Å². The Morgan fingerprint density at radius 2 is 0.885 bits per heavy atom. The number of hydrogen-bond donors (Lipinski definition) is 0. The van der Waals surface area contributed by atoms with Gasteiger partial charge in [0.1, 0.15) is 12.1 Å². The summed E-state index contributed by atoms with van der Waals surface area (Å²) in [5.41, 5.74) is 5.28. The first-order valence-electron chi connectivity index (χ1n) is 8.33. The molecule has 0 amide bonds. The lowest BCUT2D eigenvalue weighted by Crippen LogP contribution is -1.89. The van der Waals surface area contributed by atoms with Crippen LogP contribution >= 0.6 is 0 Å². The molecule has 2 heteroatoms. The Hall–Kier alpha value is -3.88. The molecule has 0 heterocycles. The largest absolute Gasteiger partial charge is 0.192 e. The third kappa shape index (κ3) is 2.71. The molecule has 2 nitrogen and oxygen atoms in total. The smallest absolute Gasteiger partial charge is 0.101 e. The van der Waals surface area contributed by atoms with Crippen molar-refractivity contribution in [1.29, 1.82) is 10.5 Å². The normalized spacial score (nSPS) is 10.2. The predicted octanol–water partition coefficient (Wildman–Crippen LogP) is 5.92. The maximum absolute atomic E-state index is 9.33. The van der Waals surface area contributed by atoms with E-state index in [1.54, 1.807) is 12.1 Å². The number of nitriles is 2. The molecule has 0 aliphatic carbocycles. The number of hydrogen-bond acceptors (Lipinski definition) is 2. The Bertz CT molecular complexity index is 1080. The fraction of sp³-hybridized carbons (Fsp3) is 0. The summed E-state index contributed by atoms with van der Waals surface area (Å²) < 4.78 is 0. The van der Waals surface area contributed by atoms with Crippen LogP contribution < -0.4 is 0 Å². The minimum atomic E-state index is 0.409. The van der Waals surface area contributed by atoms with Gasteiger partial charge in [0.2, 0.25) is 0 Å². The summed E-state index contributed by atoms with van der Waals surface area (Å²) in [4.78, 5) is 0. The van der Waals surface area contributed by atoms with Crippen LogP contribution in [0.25, 0.3) is 33.0 Å². The Balaban J connectivity index is 2.07. The molecule has 4 rings (SSSR count). The van der Waals surface area contributed by atoms with Gasteiger partial charge in [-0.1, -0.05) is 60.7 Å². The summed E-state index contributed by atoms with van der Waals surface area (Å²) in [6.07, 6.45) is 0. The molecule has 0 aliphatic heterocycles. The van der Waals surface area contributed by atoms with Crippen LogP contribution in [0, 0.1) is 22.7 Å². The van der Waals surface area contributed by atoms with Crippen LogP contribution in [-0.4, -0.2) is 0 Å². The third-order valence-corrected chi connectivity index (χ3v) is 4.52. The van der Waals surface area contributed by atoms with Crippen LogP contribution in [0.5, 0.6) is 0 Å². The molecule has 0 bridgehead atoms. The molecule has 120 valence electrons. The van der Waals surface area contributed by atoms with E-state index in [1.165, 1.54) is 0 Å². The Morgan fingerprint density at radius 1 is 0.500 bits per heavy atom. The van der Waals surface area contributed by atoms with Crippen LogP contribution in [0.3, 0.4) is 0 Å². The molecule has 0 saturated heterocycles. The fourth-order valence-electron chi connectivity index (χ4n) is 3.25. The highest BCUT2D eigenvalue weighted by atomic mass is 14.3. The van der Waals surface area contributed by atoms with Crippen molar-refractivity contribution in [2.45, 2.75) is 0 Å².